The molecule has 0 spiro atoms. The molecule has 2 aliphatic heterocycles. The Balaban J connectivity index is 1.41. The number of carbonyl (C=O) groups excluding carboxylic acids is 4. The molecule has 5 N–H and O–H groups in total. The van der Waals surface area contributed by atoms with Crippen molar-refractivity contribution < 1.29 is 48.6 Å². The molecule has 0 aliphatic carbocycles. The highest BCUT2D eigenvalue weighted by Crippen LogP contribution is 2.42. The van der Waals surface area contributed by atoms with E-state index in [0.717, 1.165) is 51.6 Å². The number of carboxylic acid groups (broad SMARTS) is 2. The molecule has 18 heteroatoms. The van der Waals surface area contributed by atoms with E-state index in [4.69, 9.17) is 14.6 Å². The van der Waals surface area contributed by atoms with Crippen molar-refractivity contribution in [1.82, 2.24) is 20.5 Å². The third-order valence-corrected chi connectivity index (χ3v) is 11.1. The van der Waals surface area contributed by atoms with Crippen LogP contribution in [0.1, 0.15) is 43.2 Å². The Morgan fingerprint density at radius 2 is 1.51 bits per heavy atom. The topological polar surface area (TPSA) is 226 Å². The van der Waals surface area contributed by atoms with E-state index in [1.54, 1.807) is 0 Å². The first-order chi connectivity index (χ1) is 27.3. The lowest BCUT2D eigenvalue weighted by Crippen LogP contribution is -2.70. The van der Waals surface area contributed by atoms with E-state index in [9.17, 15) is 39.0 Å². The fourth-order valence-corrected chi connectivity index (χ4v) is 8.40. The number of aromatic nitrogens is 1. The normalized spacial score (nSPS) is 17.4. The maximum Gasteiger partial charge on any atom is 0.352 e. The Morgan fingerprint density at radius 1 is 0.947 bits per heavy atom. The summed E-state index contributed by atoms with van der Waals surface area (Å²) in [6.07, 6.45) is -1.41. The third-order valence-electron chi connectivity index (χ3n) is 9.07. The van der Waals surface area contributed by atoms with Crippen LogP contribution >= 0.6 is 23.1 Å². The number of fused-ring (bicyclic) bond motifs is 1. The van der Waals surface area contributed by atoms with Crippen molar-refractivity contribution in [3.05, 3.63) is 130 Å². The van der Waals surface area contributed by atoms with Crippen molar-refractivity contribution in [3.8, 4) is 0 Å². The Hall–Kier alpha value is -6.53. The van der Waals surface area contributed by atoms with Gasteiger partial charge in [-0.15, -0.1) is 23.1 Å². The number of hydrogen-bond donors (Lipinski definition) is 5. The predicted octanol–water partition coefficient (Wildman–Crippen LogP) is 3.50. The van der Waals surface area contributed by atoms with E-state index in [-0.39, 0.29) is 17.0 Å². The highest BCUT2D eigenvalue weighted by atomic mass is 32.2. The average Bonchev–Trinajstić information content (AvgIpc) is 3.66. The number of thiazole rings is 1. The Labute approximate surface area is 333 Å². The van der Waals surface area contributed by atoms with Gasteiger partial charge in [-0.25, -0.2) is 14.6 Å². The minimum Gasteiger partial charge on any atom is -0.478 e. The summed E-state index contributed by atoms with van der Waals surface area (Å²) in [5.74, 6) is -5.77. The number of carbonyl (C=O) groups is 6. The van der Waals surface area contributed by atoms with Gasteiger partial charge in [0.2, 0.25) is 18.2 Å². The van der Waals surface area contributed by atoms with Gasteiger partial charge in [0.15, 0.2) is 10.8 Å². The molecule has 3 atom stereocenters. The van der Waals surface area contributed by atoms with E-state index in [1.165, 1.54) is 19.2 Å². The van der Waals surface area contributed by atoms with Crippen molar-refractivity contribution in [3.63, 3.8) is 0 Å². The van der Waals surface area contributed by atoms with Gasteiger partial charge >= 0.3 is 17.9 Å². The molecule has 1 saturated heterocycles. The maximum atomic E-state index is 14.2. The van der Waals surface area contributed by atoms with E-state index in [0.29, 0.717) is 11.5 Å². The van der Waals surface area contributed by atoms with Crippen molar-refractivity contribution in [2.75, 3.05) is 11.1 Å². The molecule has 0 bridgehead atoms. The average molecular weight is 813 g/mol. The molecule has 1 aromatic heterocycles. The quantitative estimate of drug-likeness (QED) is 0.0208. The van der Waals surface area contributed by atoms with Crippen LogP contribution in [0.15, 0.2) is 113 Å². The molecule has 57 heavy (non-hydrogen) atoms. The zero-order valence-corrected chi connectivity index (χ0v) is 32.2. The fraction of sp³-hybridized carbons (Fsp3) is 0.231. The second kappa shape index (κ2) is 16.7. The van der Waals surface area contributed by atoms with Crippen LogP contribution in [0.5, 0.6) is 0 Å². The number of esters is 1. The molecular weight excluding hydrogens is 777 g/mol. The van der Waals surface area contributed by atoms with Crippen LogP contribution in [0.4, 0.5) is 5.13 Å². The number of rotatable bonds is 16. The predicted molar refractivity (Wildman–Crippen MR) is 209 cm³/mol. The number of ether oxygens (including phenoxy) is 1. The number of amides is 3. The molecule has 3 aromatic carbocycles. The van der Waals surface area contributed by atoms with Gasteiger partial charge in [0.1, 0.15) is 28.3 Å². The molecular formula is C39H36N6O10S2. The summed E-state index contributed by atoms with van der Waals surface area (Å²) in [6.45, 7) is 3.48. The smallest absolute Gasteiger partial charge is 0.352 e. The van der Waals surface area contributed by atoms with E-state index in [2.05, 4.69) is 21.1 Å². The van der Waals surface area contributed by atoms with Crippen LogP contribution in [-0.2, 0) is 43.9 Å². The van der Waals surface area contributed by atoms with Gasteiger partial charge < -0.3 is 35.7 Å². The van der Waals surface area contributed by atoms with E-state index < -0.39 is 69.9 Å². The van der Waals surface area contributed by atoms with Crippen LogP contribution < -0.4 is 16.0 Å². The number of benzene rings is 3. The lowest BCUT2D eigenvalue weighted by molar-refractivity contribution is -0.161. The molecule has 0 radical (unpaired) electrons. The van der Waals surface area contributed by atoms with Crippen molar-refractivity contribution in [2.45, 2.75) is 49.6 Å². The zero-order chi connectivity index (χ0) is 40.9. The SMILES string of the molecule is CC(=O)OC(NC(=O)/C(=N\OC(C)(C)C(=O)O)c1csc(NC(c2ccccc2)(c2ccccc2)c2ccccc2)n1)C1=C(C(=O)O)N2C(=O)[C@H](NC=O)[C@H]2SC1. The summed E-state index contributed by atoms with van der Waals surface area (Å²) in [7, 11) is 0. The third kappa shape index (κ3) is 8.08. The Kier molecular flexibility index (Phi) is 11.7. The number of carboxylic acids is 2. The first-order valence-corrected chi connectivity index (χ1v) is 19.2. The van der Waals surface area contributed by atoms with Crippen molar-refractivity contribution in [1.29, 1.82) is 0 Å². The summed E-state index contributed by atoms with van der Waals surface area (Å²) in [6, 6.07) is 28.0. The van der Waals surface area contributed by atoms with Crippen LogP contribution in [0.2, 0.25) is 0 Å². The lowest BCUT2D eigenvalue weighted by Gasteiger charge is -2.49. The molecule has 0 saturated carbocycles. The number of aliphatic carboxylic acids is 2. The van der Waals surface area contributed by atoms with Gasteiger partial charge in [-0.2, -0.15) is 0 Å². The van der Waals surface area contributed by atoms with Gasteiger partial charge in [-0.05, 0) is 30.5 Å². The standard InChI is InChI=1S/C39H36N6O10S2/c1-22(47)54-32(26-19-56-34-29(40-21-46)33(49)45(34)30(26)35(50)51)42-31(48)28(44-55-38(2,3)36(52)53)27-20-57-37(41-27)43-39(23-13-7-4-8-14-23,24-15-9-5-10-16-24)25-17-11-6-12-18-25/h4-18,20-21,29,32,34H,19H2,1-3H3,(H,40,46)(H,41,43)(H,42,48)(H,50,51)(H,52,53)/b44-28-/t29-,32?,34+/m0/s1. The summed E-state index contributed by atoms with van der Waals surface area (Å²) in [5, 5.41) is 33.4. The number of nitrogens with one attached hydrogen (secondary N) is 3. The highest BCUT2D eigenvalue weighted by Gasteiger charge is 2.54. The molecule has 16 nitrogen and oxygen atoms in total. The van der Waals surface area contributed by atoms with Gasteiger partial charge in [-0.3, -0.25) is 24.1 Å². The second-order valence-corrected chi connectivity index (χ2v) is 15.1. The molecule has 6 rings (SSSR count). The maximum absolute atomic E-state index is 14.2. The molecule has 2 aliphatic rings. The van der Waals surface area contributed by atoms with Crippen LogP contribution in [-0.4, -0.2) is 90.9 Å². The van der Waals surface area contributed by atoms with E-state index >= 15 is 0 Å². The van der Waals surface area contributed by atoms with Gasteiger partial charge in [0.25, 0.3) is 11.8 Å². The Morgan fingerprint density at radius 3 is 2.00 bits per heavy atom. The second-order valence-electron chi connectivity index (χ2n) is 13.2. The lowest BCUT2D eigenvalue weighted by atomic mass is 9.77. The van der Waals surface area contributed by atoms with Crippen LogP contribution in [0.3, 0.4) is 0 Å². The summed E-state index contributed by atoms with van der Waals surface area (Å²) in [5.41, 5.74) is -1.62. The fourth-order valence-electron chi connectivity index (χ4n) is 6.26. The Bertz CT molecular complexity index is 2150. The van der Waals surface area contributed by atoms with Gasteiger partial charge in [0.05, 0.1) is 0 Å². The number of oxime groups is 1. The summed E-state index contributed by atoms with van der Waals surface area (Å²) in [4.78, 5) is 86.2. The molecule has 3 amide bonds. The first kappa shape index (κ1) is 40.1. The van der Waals surface area contributed by atoms with Gasteiger partial charge in [-0.1, -0.05) is 96.2 Å². The molecule has 3 heterocycles. The first-order valence-electron chi connectivity index (χ1n) is 17.3. The minimum absolute atomic E-state index is 0.0722. The van der Waals surface area contributed by atoms with Crippen molar-refractivity contribution in [2.24, 2.45) is 5.16 Å². The van der Waals surface area contributed by atoms with Crippen molar-refractivity contribution >= 4 is 70.1 Å². The minimum atomic E-state index is -1.92. The number of anilines is 1. The molecule has 4 aromatic rings. The van der Waals surface area contributed by atoms with Gasteiger partial charge in [0, 0.05) is 23.6 Å². The molecule has 294 valence electrons. The van der Waals surface area contributed by atoms with E-state index in [1.807, 2.05) is 91.0 Å². The monoisotopic (exact) mass is 812 g/mol. The highest BCUT2D eigenvalue weighted by molar-refractivity contribution is 8.00. The largest absolute Gasteiger partial charge is 0.478 e. The number of thioether (sulfide) groups is 1. The number of nitrogens with zero attached hydrogens (tertiary/aromatic N) is 3. The summed E-state index contributed by atoms with van der Waals surface area (Å²) < 4.78 is 5.41. The number of β-lactam (4-membered cyclic amide) rings is 1. The number of hydrogen-bond acceptors (Lipinski definition) is 13. The summed E-state index contributed by atoms with van der Waals surface area (Å²) >= 11 is 2.20. The zero-order valence-electron chi connectivity index (χ0n) is 30.6. The van der Waals surface area contributed by atoms with Crippen LogP contribution in [0.25, 0.3) is 0 Å². The van der Waals surface area contributed by atoms with Crippen LogP contribution in [0, 0.1) is 0 Å². The molecule has 1 fully saturated rings. The molecule has 1 unspecified atom stereocenters.